The number of rotatable bonds is 13. The number of aliphatic hydroxyl groups is 1. The lowest BCUT2D eigenvalue weighted by molar-refractivity contribution is -0.0914. The van der Waals surface area contributed by atoms with Crippen molar-refractivity contribution in [2.75, 3.05) is 39.3 Å². The summed E-state index contributed by atoms with van der Waals surface area (Å²) in [6.45, 7) is 11.6. The monoisotopic (exact) mass is 735 g/mol. The summed E-state index contributed by atoms with van der Waals surface area (Å²) in [5.74, 6) is 7.56. The van der Waals surface area contributed by atoms with Gasteiger partial charge in [0.25, 0.3) is 0 Å². The molecule has 1 aliphatic heterocycles. The molecule has 0 amide bonds. The molecule has 1 aliphatic rings. The van der Waals surface area contributed by atoms with Crippen molar-refractivity contribution in [3.05, 3.63) is 108 Å². The lowest BCUT2D eigenvalue weighted by atomic mass is 9.80. The molecule has 6 rings (SSSR count). The first-order chi connectivity index (χ1) is 25.5. The number of imidazole rings is 1. The normalized spacial score (nSPS) is 17.7. The maximum absolute atomic E-state index is 9.03. The van der Waals surface area contributed by atoms with Gasteiger partial charge in [-0.1, -0.05) is 87.2 Å². The second-order valence-electron chi connectivity index (χ2n) is 14.5. The van der Waals surface area contributed by atoms with Gasteiger partial charge in [-0.15, -0.1) is 0 Å². The third-order valence-electron chi connectivity index (χ3n) is 10.3. The van der Waals surface area contributed by atoms with E-state index in [1.54, 1.807) is 20.5 Å². The van der Waals surface area contributed by atoms with Crippen LogP contribution < -0.4 is 14.8 Å². The molecule has 1 saturated heterocycles. The Morgan fingerprint density at radius 3 is 2.08 bits per heavy atom. The number of aliphatic hydroxyl groups excluding tert-OH is 1. The molecule has 12 heteroatoms. The fourth-order valence-electron chi connectivity index (χ4n) is 6.42. The molecule has 3 atom stereocenters. The zero-order valence-electron chi connectivity index (χ0n) is 31.5. The molecule has 53 heavy (non-hydrogen) atoms. The number of benzene rings is 3. The number of fused-ring (bicyclic) bond motifs is 1. The van der Waals surface area contributed by atoms with Crippen LogP contribution >= 0.6 is 0 Å². The smallest absolute Gasteiger partial charge is 0.192 e. The van der Waals surface area contributed by atoms with E-state index in [-0.39, 0.29) is 24.4 Å². The van der Waals surface area contributed by atoms with E-state index < -0.39 is 26.3 Å². The third-order valence-corrected chi connectivity index (χ3v) is 14.8. The summed E-state index contributed by atoms with van der Waals surface area (Å²) in [6, 6.07) is 26.3. The zero-order valence-corrected chi connectivity index (χ0v) is 32.5. The summed E-state index contributed by atoms with van der Waals surface area (Å²) in [4.78, 5) is 13.7. The van der Waals surface area contributed by atoms with Crippen molar-refractivity contribution < 1.29 is 28.5 Å². The molecular formula is C41H49N5O6Si. The fourth-order valence-corrected chi connectivity index (χ4v) is 7.78. The molecule has 278 valence electrons. The SMILES string of the molecule is COc1ccc(C(OC[C@H]2O[C@@H](n3cnc4c(NCC#CCO)ncnc43)C[C@@H]2O[Si](C)(C)C(C)(C)C)(c2ccccc2)c2ccc(OC)cc2)cc1. The molecule has 0 radical (unpaired) electrons. The predicted molar refractivity (Wildman–Crippen MR) is 208 cm³/mol. The molecule has 5 aromatic rings. The highest BCUT2D eigenvalue weighted by molar-refractivity contribution is 6.74. The summed E-state index contributed by atoms with van der Waals surface area (Å²) >= 11 is 0. The second-order valence-corrected chi connectivity index (χ2v) is 19.3. The Balaban J connectivity index is 1.40. The van der Waals surface area contributed by atoms with Gasteiger partial charge in [0.15, 0.2) is 25.3 Å². The average Bonchev–Trinajstić information content (AvgIpc) is 3.78. The van der Waals surface area contributed by atoms with Crippen LogP contribution in [0, 0.1) is 11.8 Å². The Morgan fingerprint density at radius 1 is 0.868 bits per heavy atom. The summed E-state index contributed by atoms with van der Waals surface area (Å²) in [5, 5.41) is 12.2. The van der Waals surface area contributed by atoms with Crippen molar-refractivity contribution in [3.8, 4) is 23.3 Å². The highest BCUT2D eigenvalue weighted by Gasteiger charge is 2.47. The van der Waals surface area contributed by atoms with E-state index in [1.165, 1.54) is 6.33 Å². The summed E-state index contributed by atoms with van der Waals surface area (Å²) in [5.41, 5.74) is 3.06. The summed E-state index contributed by atoms with van der Waals surface area (Å²) in [6.07, 6.45) is 2.69. The van der Waals surface area contributed by atoms with Crippen LogP contribution in [0.5, 0.6) is 11.5 Å². The maximum Gasteiger partial charge on any atom is 0.192 e. The molecule has 0 bridgehead atoms. The van der Waals surface area contributed by atoms with Crippen molar-refractivity contribution >= 4 is 25.3 Å². The number of anilines is 1. The van der Waals surface area contributed by atoms with Crippen LogP contribution in [0.1, 0.15) is 50.1 Å². The average molecular weight is 736 g/mol. The maximum atomic E-state index is 9.03. The molecule has 3 aromatic carbocycles. The van der Waals surface area contributed by atoms with Gasteiger partial charge in [0, 0.05) is 6.42 Å². The lowest BCUT2D eigenvalue weighted by Crippen LogP contribution is -2.47. The number of nitrogens with one attached hydrogen (secondary N) is 1. The minimum absolute atomic E-state index is 0.0229. The second kappa shape index (κ2) is 16.1. The van der Waals surface area contributed by atoms with Gasteiger partial charge in [-0.25, -0.2) is 15.0 Å². The molecule has 11 nitrogen and oxygen atoms in total. The standard InChI is InChI=1S/C41H49N5O6Si/c1-40(2,3)53(6,7)52-34-25-36(46-28-45-37-38(42-23-11-12-24-47)43-27-44-39(37)46)51-35(34)26-50-41(29-13-9-8-10-14-29,30-15-19-32(48-4)20-16-30)31-17-21-33(49-5)22-18-31/h8-10,13-22,27-28,34-36,47H,23-26H2,1-7H3,(H,42,43,44)/t34-,35+,36+/m0/s1. The summed E-state index contributed by atoms with van der Waals surface area (Å²) < 4.78 is 34.4. The highest BCUT2D eigenvalue weighted by atomic mass is 28.4. The highest BCUT2D eigenvalue weighted by Crippen LogP contribution is 2.45. The van der Waals surface area contributed by atoms with Gasteiger partial charge in [0.05, 0.1) is 39.8 Å². The van der Waals surface area contributed by atoms with E-state index in [4.69, 9.17) is 28.5 Å². The van der Waals surface area contributed by atoms with Gasteiger partial charge in [0.2, 0.25) is 0 Å². The number of methoxy groups -OCH3 is 2. The Labute approximate surface area is 312 Å². The molecule has 0 unspecified atom stereocenters. The number of hydrogen-bond donors (Lipinski definition) is 2. The van der Waals surface area contributed by atoms with Gasteiger partial charge in [0.1, 0.15) is 42.4 Å². The Bertz CT molecular complexity index is 1970. The lowest BCUT2D eigenvalue weighted by Gasteiger charge is -2.40. The molecule has 3 heterocycles. The van der Waals surface area contributed by atoms with E-state index in [2.05, 4.69) is 102 Å². The van der Waals surface area contributed by atoms with Crippen molar-refractivity contribution in [2.24, 2.45) is 0 Å². The topological polar surface area (TPSA) is 122 Å². The molecule has 0 aliphatic carbocycles. The minimum atomic E-state index is -2.25. The Hall–Kier alpha value is -4.77. The molecule has 2 aromatic heterocycles. The van der Waals surface area contributed by atoms with Gasteiger partial charge in [-0.2, -0.15) is 0 Å². The van der Waals surface area contributed by atoms with E-state index in [9.17, 15) is 0 Å². The van der Waals surface area contributed by atoms with Gasteiger partial charge in [-0.05, 0) is 59.1 Å². The Morgan fingerprint density at radius 2 is 1.49 bits per heavy atom. The van der Waals surface area contributed by atoms with Crippen molar-refractivity contribution in [2.45, 2.75) is 69.4 Å². The third kappa shape index (κ3) is 7.95. The fraction of sp³-hybridized carbons (Fsp3) is 0.390. The zero-order chi connectivity index (χ0) is 37.6. The van der Waals surface area contributed by atoms with Gasteiger partial charge in [-0.3, -0.25) is 4.57 Å². The van der Waals surface area contributed by atoms with E-state index >= 15 is 0 Å². The first-order valence-electron chi connectivity index (χ1n) is 17.8. The van der Waals surface area contributed by atoms with Crippen LogP contribution in [0.15, 0.2) is 91.5 Å². The van der Waals surface area contributed by atoms with E-state index in [0.29, 0.717) is 29.9 Å². The largest absolute Gasteiger partial charge is 0.497 e. The Kier molecular flexibility index (Phi) is 11.5. The van der Waals surface area contributed by atoms with Gasteiger partial charge < -0.3 is 33.8 Å². The molecule has 1 fully saturated rings. The van der Waals surface area contributed by atoms with Crippen LogP contribution in [-0.4, -0.2) is 79.1 Å². The number of hydrogen-bond acceptors (Lipinski definition) is 10. The molecule has 0 spiro atoms. The molecule has 2 N–H and O–H groups in total. The van der Waals surface area contributed by atoms with Crippen LogP contribution in [-0.2, 0) is 19.5 Å². The summed E-state index contributed by atoms with van der Waals surface area (Å²) in [7, 11) is 1.07. The van der Waals surface area contributed by atoms with Crippen molar-refractivity contribution in [1.29, 1.82) is 0 Å². The van der Waals surface area contributed by atoms with Crippen molar-refractivity contribution in [1.82, 2.24) is 19.5 Å². The first-order valence-corrected chi connectivity index (χ1v) is 20.7. The first kappa shape index (κ1) is 38.0. The predicted octanol–water partition coefficient (Wildman–Crippen LogP) is 6.94. The van der Waals surface area contributed by atoms with Crippen LogP contribution in [0.25, 0.3) is 11.2 Å². The van der Waals surface area contributed by atoms with Gasteiger partial charge >= 0.3 is 0 Å². The van der Waals surface area contributed by atoms with Crippen LogP contribution in [0.3, 0.4) is 0 Å². The van der Waals surface area contributed by atoms with Crippen molar-refractivity contribution in [3.63, 3.8) is 0 Å². The van der Waals surface area contributed by atoms with Crippen LogP contribution in [0.2, 0.25) is 18.1 Å². The molecule has 0 saturated carbocycles. The number of ether oxygens (including phenoxy) is 4. The minimum Gasteiger partial charge on any atom is -0.497 e. The molecular weight excluding hydrogens is 687 g/mol. The quantitative estimate of drug-likeness (QED) is 0.0748. The number of nitrogens with zero attached hydrogens (tertiary/aromatic N) is 4. The van der Waals surface area contributed by atoms with E-state index in [1.807, 2.05) is 47.0 Å². The van der Waals surface area contributed by atoms with E-state index in [0.717, 1.165) is 28.2 Å². The number of aromatic nitrogens is 4. The van der Waals surface area contributed by atoms with Crippen LogP contribution in [0.4, 0.5) is 5.82 Å².